The lowest BCUT2D eigenvalue weighted by Crippen LogP contribution is -2.24. The van der Waals surface area contributed by atoms with Crippen molar-refractivity contribution in [2.45, 2.75) is 13.3 Å². The van der Waals surface area contributed by atoms with Crippen molar-refractivity contribution in [2.75, 3.05) is 29.9 Å². The zero-order valence-electron chi connectivity index (χ0n) is 12.7. The van der Waals surface area contributed by atoms with E-state index in [-0.39, 0.29) is 0 Å². The zero-order chi connectivity index (χ0) is 15.4. The van der Waals surface area contributed by atoms with Gasteiger partial charge in [-0.05, 0) is 43.5 Å². The number of aryl methyl sites for hydroxylation is 1. The lowest BCUT2D eigenvalue weighted by molar-refractivity contribution is 0.620. The van der Waals surface area contributed by atoms with Gasteiger partial charge in [0.1, 0.15) is 17.7 Å². The lowest BCUT2D eigenvalue weighted by Gasteiger charge is -2.18. The van der Waals surface area contributed by atoms with Crippen molar-refractivity contribution in [3.05, 3.63) is 47.8 Å². The average molecular weight is 293 g/mol. The second-order valence-corrected chi connectivity index (χ2v) is 5.63. The van der Waals surface area contributed by atoms with Crippen molar-refractivity contribution in [1.82, 2.24) is 9.97 Å². The van der Waals surface area contributed by atoms with Gasteiger partial charge in [0.25, 0.3) is 0 Å². The van der Waals surface area contributed by atoms with E-state index in [0.717, 1.165) is 43.4 Å². The van der Waals surface area contributed by atoms with Crippen LogP contribution >= 0.6 is 0 Å². The van der Waals surface area contributed by atoms with Crippen LogP contribution < -0.4 is 10.2 Å². The monoisotopic (exact) mass is 293 g/mol. The Morgan fingerprint density at radius 3 is 3.09 bits per heavy atom. The highest BCUT2D eigenvalue weighted by atomic mass is 15.2. The normalized spacial score (nSPS) is 17.3. The Morgan fingerprint density at radius 1 is 1.36 bits per heavy atom. The molecule has 1 N–H and O–H groups in total. The lowest BCUT2D eigenvalue weighted by atomic mass is 10.1. The number of hydrogen-bond acceptors (Lipinski definition) is 5. The number of anilines is 2. The van der Waals surface area contributed by atoms with E-state index in [1.807, 2.05) is 31.2 Å². The molecule has 0 unspecified atom stereocenters. The van der Waals surface area contributed by atoms with Crippen molar-refractivity contribution < 1.29 is 0 Å². The molecule has 1 aliphatic rings. The molecule has 5 heteroatoms. The van der Waals surface area contributed by atoms with Gasteiger partial charge in [-0.3, -0.25) is 0 Å². The molecule has 0 radical (unpaired) electrons. The molecule has 0 bridgehead atoms. The highest BCUT2D eigenvalue weighted by Gasteiger charge is 2.24. The average Bonchev–Trinajstić information content (AvgIpc) is 3.02. The second-order valence-electron chi connectivity index (χ2n) is 5.63. The quantitative estimate of drug-likeness (QED) is 0.938. The summed E-state index contributed by atoms with van der Waals surface area (Å²) in [5, 5.41) is 12.6. The Balaban J connectivity index is 1.60. The SMILES string of the molecule is Cc1cccc(NC[C@@H]2CCN(c3ncccc3C#N)C2)n1. The summed E-state index contributed by atoms with van der Waals surface area (Å²) in [4.78, 5) is 11.0. The fourth-order valence-corrected chi connectivity index (χ4v) is 2.82. The molecular weight excluding hydrogens is 274 g/mol. The third-order valence-electron chi connectivity index (χ3n) is 3.95. The van der Waals surface area contributed by atoms with Gasteiger partial charge >= 0.3 is 0 Å². The molecule has 22 heavy (non-hydrogen) atoms. The summed E-state index contributed by atoms with van der Waals surface area (Å²) < 4.78 is 0. The van der Waals surface area contributed by atoms with Crippen LogP contribution in [-0.4, -0.2) is 29.6 Å². The predicted octanol–water partition coefficient (Wildman–Crippen LogP) is 2.60. The first-order valence-corrected chi connectivity index (χ1v) is 7.54. The molecule has 1 saturated heterocycles. The first-order valence-electron chi connectivity index (χ1n) is 7.54. The molecule has 0 aromatic carbocycles. The first-order chi connectivity index (χ1) is 10.8. The molecule has 3 heterocycles. The van der Waals surface area contributed by atoms with Crippen LogP contribution in [0, 0.1) is 24.2 Å². The van der Waals surface area contributed by atoms with Gasteiger partial charge in [-0.1, -0.05) is 6.07 Å². The van der Waals surface area contributed by atoms with Gasteiger partial charge in [0.15, 0.2) is 0 Å². The number of nitriles is 1. The maximum Gasteiger partial charge on any atom is 0.146 e. The number of pyridine rings is 2. The maximum absolute atomic E-state index is 9.19. The van der Waals surface area contributed by atoms with Crippen LogP contribution in [0.4, 0.5) is 11.6 Å². The van der Waals surface area contributed by atoms with Crippen LogP contribution in [0.3, 0.4) is 0 Å². The fourth-order valence-electron chi connectivity index (χ4n) is 2.82. The predicted molar refractivity (Wildman–Crippen MR) is 86.7 cm³/mol. The Bertz CT molecular complexity index is 691. The number of nitrogens with zero attached hydrogens (tertiary/aromatic N) is 4. The smallest absolute Gasteiger partial charge is 0.146 e. The molecule has 1 atom stereocenters. The van der Waals surface area contributed by atoms with Crippen LogP contribution in [0.2, 0.25) is 0 Å². The Hall–Kier alpha value is -2.61. The molecule has 2 aromatic heterocycles. The zero-order valence-corrected chi connectivity index (χ0v) is 12.7. The summed E-state index contributed by atoms with van der Waals surface area (Å²) >= 11 is 0. The molecule has 1 fully saturated rings. The number of aromatic nitrogens is 2. The van der Waals surface area contributed by atoms with Crippen molar-refractivity contribution in [2.24, 2.45) is 5.92 Å². The molecule has 5 nitrogen and oxygen atoms in total. The van der Waals surface area contributed by atoms with Crippen molar-refractivity contribution in [3.63, 3.8) is 0 Å². The summed E-state index contributed by atoms with van der Waals surface area (Å²) in [7, 11) is 0. The van der Waals surface area contributed by atoms with E-state index in [1.54, 1.807) is 12.3 Å². The minimum absolute atomic E-state index is 0.538. The van der Waals surface area contributed by atoms with Crippen molar-refractivity contribution >= 4 is 11.6 Å². The van der Waals surface area contributed by atoms with Crippen molar-refractivity contribution in [1.29, 1.82) is 5.26 Å². The minimum Gasteiger partial charge on any atom is -0.370 e. The van der Waals surface area contributed by atoms with Gasteiger partial charge in [-0.2, -0.15) is 5.26 Å². The minimum atomic E-state index is 0.538. The van der Waals surface area contributed by atoms with Gasteiger partial charge in [0, 0.05) is 31.5 Å². The van der Waals surface area contributed by atoms with E-state index >= 15 is 0 Å². The van der Waals surface area contributed by atoms with Crippen LogP contribution in [0.15, 0.2) is 36.5 Å². The third-order valence-corrected chi connectivity index (χ3v) is 3.95. The van der Waals surface area contributed by atoms with E-state index in [9.17, 15) is 5.26 Å². The molecule has 3 rings (SSSR count). The third kappa shape index (κ3) is 3.17. The Morgan fingerprint density at radius 2 is 2.27 bits per heavy atom. The fraction of sp³-hybridized carbons (Fsp3) is 0.353. The van der Waals surface area contributed by atoms with Crippen molar-refractivity contribution in [3.8, 4) is 6.07 Å². The largest absolute Gasteiger partial charge is 0.370 e. The molecule has 0 aliphatic carbocycles. The summed E-state index contributed by atoms with van der Waals surface area (Å²) in [5.74, 6) is 2.27. The molecule has 112 valence electrons. The molecular formula is C17H19N5. The van der Waals surface area contributed by atoms with Gasteiger partial charge in [-0.25, -0.2) is 9.97 Å². The van der Waals surface area contributed by atoms with E-state index in [0.29, 0.717) is 11.5 Å². The molecule has 0 spiro atoms. The summed E-state index contributed by atoms with van der Waals surface area (Å²) in [6, 6.07) is 11.8. The van der Waals surface area contributed by atoms with Crippen LogP contribution in [-0.2, 0) is 0 Å². The molecule has 0 saturated carbocycles. The molecule has 1 aliphatic heterocycles. The van der Waals surface area contributed by atoms with Crippen LogP contribution in [0.25, 0.3) is 0 Å². The van der Waals surface area contributed by atoms with Gasteiger partial charge in [0.05, 0.1) is 5.56 Å². The molecule has 0 amide bonds. The van der Waals surface area contributed by atoms with E-state index in [1.165, 1.54) is 0 Å². The van der Waals surface area contributed by atoms with Gasteiger partial charge < -0.3 is 10.2 Å². The van der Waals surface area contributed by atoms with Crippen LogP contribution in [0.5, 0.6) is 0 Å². The maximum atomic E-state index is 9.19. The highest BCUT2D eigenvalue weighted by molar-refractivity contribution is 5.54. The standard InChI is InChI=1S/C17H19N5/c1-13-4-2-6-16(21-13)20-11-14-7-9-22(12-14)17-15(10-18)5-3-8-19-17/h2-6,8,14H,7,9,11-12H2,1H3,(H,20,21)/t14-/m0/s1. The van der Waals surface area contributed by atoms with E-state index < -0.39 is 0 Å². The number of nitrogens with one attached hydrogen (secondary N) is 1. The number of hydrogen-bond donors (Lipinski definition) is 1. The molecule has 2 aromatic rings. The van der Waals surface area contributed by atoms with E-state index in [4.69, 9.17) is 0 Å². The highest BCUT2D eigenvalue weighted by Crippen LogP contribution is 2.24. The van der Waals surface area contributed by atoms with Crippen LogP contribution in [0.1, 0.15) is 17.7 Å². The Kier molecular flexibility index (Phi) is 4.19. The first kappa shape index (κ1) is 14.3. The summed E-state index contributed by atoms with van der Waals surface area (Å²) in [6.07, 6.45) is 2.85. The van der Waals surface area contributed by atoms with Gasteiger partial charge in [-0.15, -0.1) is 0 Å². The second kappa shape index (κ2) is 6.44. The Labute approximate surface area is 130 Å². The summed E-state index contributed by atoms with van der Waals surface area (Å²) in [5.41, 5.74) is 1.67. The van der Waals surface area contributed by atoms with Gasteiger partial charge in [0.2, 0.25) is 0 Å². The van der Waals surface area contributed by atoms with E-state index in [2.05, 4.69) is 26.3 Å². The topological polar surface area (TPSA) is 64.8 Å². The number of rotatable bonds is 4. The summed E-state index contributed by atoms with van der Waals surface area (Å²) in [6.45, 7) is 4.75.